The van der Waals surface area contributed by atoms with Gasteiger partial charge in [0.05, 0.1) is 6.07 Å². The molecule has 0 fully saturated rings. The fourth-order valence-electron chi connectivity index (χ4n) is 4.05. The predicted octanol–water partition coefficient (Wildman–Crippen LogP) is 5.19. The molecule has 0 spiro atoms. The summed E-state index contributed by atoms with van der Waals surface area (Å²) in [6.07, 6.45) is -0.747. The van der Waals surface area contributed by atoms with Gasteiger partial charge in [0.2, 0.25) is 5.91 Å². The number of anilines is 1. The zero-order valence-corrected chi connectivity index (χ0v) is 23.0. The number of alkyl carbamates (subject to hydrolysis) is 1. The summed E-state index contributed by atoms with van der Waals surface area (Å²) in [5.41, 5.74) is 3.13. The Kier molecular flexibility index (Phi) is 9.84. The largest absolute Gasteiger partial charge is 0.444 e. The van der Waals surface area contributed by atoms with Crippen LogP contribution in [0.2, 0.25) is 0 Å². The Bertz CT molecular complexity index is 1160. The van der Waals surface area contributed by atoms with Crippen molar-refractivity contribution in [2.24, 2.45) is 5.92 Å². The monoisotopic (exact) mass is 506 g/mol. The molecule has 2 unspecified atom stereocenters. The molecule has 0 aliphatic carbocycles. The third-order valence-electron chi connectivity index (χ3n) is 5.65. The second-order valence-corrected chi connectivity index (χ2v) is 10.6. The second-order valence-electron chi connectivity index (χ2n) is 10.6. The molecule has 8 nitrogen and oxygen atoms in total. The molecular weight excluding hydrogens is 468 g/mol. The maximum atomic E-state index is 13.9. The fraction of sp³-hybridized carbons (Fsp3) is 0.448. The number of rotatable bonds is 8. The van der Waals surface area contributed by atoms with Gasteiger partial charge in [0.1, 0.15) is 24.2 Å². The van der Waals surface area contributed by atoms with Crippen molar-refractivity contribution in [3.63, 3.8) is 0 Å². The number of nitrogens with zero attached hydrogens (tertiary/aromatic N) is 2. The molecule has 0 saturated heterocycles. The Morgan fingerprint density at radius 2 is 1.62 bits per heavy atom. The van der Waals surface area contributed by atoms with E-state index in [4.69, 9.17) is 4.74 Å². The zero-order chi connectivity index (χ0) is 27.9. The van der Waals surface area contributed by atoms with Crippen molar-refractivity contribution in [1.82, 2.24) is 10.2 Å². The van der Waals surface area contributed by atoms with E-state index in [9.17, 15) is 19.6 Å². The third kappa shape index (κ3) is 8.35. The molecule has 0 aliphatic heterocycles. The van der Waals surface area contributed by atoms with Gasteiger partial charge in [-0.15, -0.1) is 0 Å². The lowest BCUT2D eigenvalue weighted by Gasteiger charge is -2.34. The van der Waals surface area contributed by atoms with Crippen molar-refractivity contribution >= 4 is 23.6 Å². The molecule has 37 heavy (non-hydrogen) atoms. The van der Waals surface area contributed by atoms with Crippen LogP contribution >= 0.6 is 0 Å². The lowest BCUT2D eigenvalue weighted by molar-refractivity contribution is -0.140. The topological polar surface area (TPSA) is 112 Å². The molecule has 8 heteroatoms. The number of ether oxygens (including phenoxy) is 1. The number of nitriles is 1. The molecule has 2 N–H and O–H groups in total. The average molecular weight is 507 g/mol. The van der Waals surface area contributed by atoms with E-state index in [0.29, 0.717) is 11.3 Å². The molecule has 3 amide bonds. The molecule has 2 aromatic carbocycles. The average Bonchev–Trinajstić information content (AvgIpc) is 2.76. The molecule has 198 valence electrons. The minimum atomic E-state index is -1.10. The van der Waals surface area contributed by atoms with E-state index in [2.05, 4.69) is 10.6 Å². The Hall–Kier alpha value is -3.86. The first-order chi connectivity index (χ1) is 17.2. The van der Waals surface area contributed by atoms with Crippen LogP contribution in [-0.2, 0) is 14.3 Å². The molecular formula is C29H38N4O4. The van der Waals surface area contributed by atoms with E-state index in [-0.39, 0.29) is 12.5 Å². The third-order valence-corrected chi connectivity index (χ3v) is 5.65. The standard InChI is InChI=1S/C29H38N4O4/c1-18(2)24(32-28(36)37-29(6,7)8)27(35)33(14-13-30)25(22-16-19(3)15-20(4)17-22)26(34)31-23-12-10-9-11-21(23)5/h9-12,15-18,24-25H,14H2,1-8H3,(H,31,34)(H,32,36). The van der Waals surface area contributed by atoms with E-state index in [1.165, 1.54) is 4.90 Å². The number of carbonyl (C=O) groups is 3. The highest BCUT2D eigenvalue weighted by Gasteiger charge is 2.37. The molecule has 2 atom stereocenters. The molecule has 0 radical (unpaired) electrons. The van der Waals surface area contributed by atoms with Crippen LogP contribution in [0.3, 0.4) is 0 Å². The van der Waals surface area contributed by atoms with Gasteiger partial charge in [-0.2, -0.15) is 5.26 Å². The Morgan fingerprint density at radius 1 is 1.03 bits per heavy atom. The van der Waals surface area contributed by atoms with Gasteiger partial charge in [0, 0.05) is 5.69 Å². The van der Waals surface area contributed by atoms with Gasteiger partial charge in [-0.05, 0) is 64.7 Å². The van der Waals surface area contributed by atoms with Crippen LogP contribution in [0.15, 0.2) is 42.5 Å². The summed E-state index contributed by atoms with van der Waals surface area (Å²) in [4.78, 5) is 41.5. The van der Waals surface area contributed by atoms with E-state index >= 15 is 0 Å². The zero-order valence-electron chi connectivity index (χ0n) is 23.0. The van der Waals surface area contributed by atoms with Crippen LogP contribution in [0.4, 0.5) is 10.5 Å². The van der Waals surface area contributed by atoms with Crippen LogP contribution in [0, 0.1) is 38.0 Å². The van der Waals surface area contributed by atoms with E-state index in [0.717, 1.165) is 16.7 Å². The highest BCUT2D eigenvalue weighted by atomic mass is 16.6. The molecule has 0 bridgehead atoms. The van der Waals surface area contributed by atoms with Gasteiger partial charge in [-0.25, -0.2) is 4.79 Å². The lowest BCUT2D eigenvalue weighted by Crippen LogP contribution is -2.54. The number of aryl methyl sites for hydroxylation is 3. The van der Waals surface area contributed by atoms with Crippen LogP contribution in [-0.4, -0.2) is 41.0 Å². The summed E-state index contributed by atoms with van der Waals surface area (Å²) in [7, 11) is 0. The fourth-order valence-corrected chi connectivity index (χ4v) is 4.05. The normalized spacial score (nSPS) is 12.8. The van der Waals surface area contributed by atoms with E-state index in [1.54, 1.807) is 40.7 Å². The van der Waals surface area contributed by atoms with Crippen LogP contribution in [0.1, 0.15) is 62.9 Å². The van der Waals surface area contributed by atoms with Gasteiger partial charge in [0.25, 0.3) is 5.91 Å². The number of amides is 3. The smallest absolute Gasteiger partial charge is 0.408 e. The van der Waals surface area contributed by atoms with Crippen molar-refractivity contribution in [3.05, 3.63) is 64.7 Å². The number of para-hydroxylation sites is 1. The van der Waals surface area contributed by atoms with Crippen molar-refractivity contribution in [1.29, 1.82) is 5.26 Å². The lowest BCUT2D eigenvalue weighted by atomic mass is 9.96. The second kappa shape index (κ2) is 12.4. The first-order valence-electron chi connectivity index (χ1n) is 12.3. The van der Waals surface area contributed by atoms with E-state index < -0.39 is 35.6 Å². The molecule has 0 aliphatic rings. The van der Waals surface area contributed by atoms with Crippen molar-refractivity contribution in [3.8, 4) is 6.07 Å². The van der Waals surface area contributed by atoms with Crippen molar-refractivity contribution < 1.29 is 19.1 Å². The minimum Gasteiger partial charge on any atom is -0.444 e. The number of hydrogen-bond acceptors (Lipinski definition) is 5. The van der Waals surface area contributed by atoms with Crippen molar-refractivity contribution in [2.75, 3.05) is 11.9 Å². The predicted molar refractivity (Wildman–Crippen MR) is 144 cm³/mol. The number of benzene rings is 2. The summed E-state index contributed by atoms with van der Waals surface area (Å²) < 4.78 is 5.36. The van der Waals surface area contributed by atoms with Gasteiger partial charge < -0.3 is 20.3 Å². The van der Waals surface area contributed by atoms with E-state index in [1.807, 2.05) is 63.2 Å². The maximum absolute atomic E-state index is 13.9. The highest BCUT2D eigenvalue weighted by Crippen LogP contribution is 2.27. The highest BCUT2D eigenvalue weighted by molar-refractivity contribution is 5.99. The quantitative estimate of drug-likeness (QED) is 0.479. The first-order valence-corrected chi connectivity index (χ1v) is 12.3. The number of nitrogens with one attached hydrogen (secondary N) is 2. The van der Waals surface area contributed by atoms with Gasteiger partial charge in [-0.3, -0.25) is 9.59 Å². The summed E-state index contributed by atoms with van der Waals surface area (Å²) in [6.45, 7) is 14.1. The summed E-state index contributed by atoms with van der Waals surface area (Å²) in [6, 6.07) is 12.9. The number of carbonyl (C=O) groups excluding carboxylic acids is 3. The minimum absolute atomic E-state index is 0.333. The van der Waals surface area contributed by atoms with Crippen LogP contribution < -0.4 is 10.6 Å². The molecule has 2 aromatic rings. The van der Waals surface area contributed by atoms with Crippen LogP contribution in [0.5, 0.6) is 0 Å². The summed E-state index contributed by atoms with van der Waals surface area (Å²) >= 11 is 0. The van der Waals surface area contributed by atoms with Gasteiger partial charge >= 0.3 is 6.09 Å². The molecule has 0 heterocycles. The van der Waals surface area contributed by atoms with Crippen LogP contribution in [0.25, 0.3) is 0 Å². The van der Waals surface area contributed by atoms with Gasteiger partial charge in [-0.1, -0.05) is 61.4 Å². The molecule has 0 saturated carbocycles. The Labute approximate surface area is 220 Å². The molecule has 0 aromatic heterocycles. The molecule has 2 rings (SSSR count). The summed E-state index contributed by atoms with van der Waals surface area (Å²) in [5, 5.41) is 15.2. The summed E-state index contributed by atoms with van der Waals surface area (Å²) in [5.74, 6) is -1.34. The SMILES string of the molecule is Cc1cc(C)cc(C(C(=O)Nc2ccccc2C)N(CC#N)C(=O)C(NC(=O)OC(C)(C)C)C(C)C)c1. The Morgan fingerprint density at radius 3 is 2.14 bits per heavy atom. The van der Waals surface area contributed by atoms with Gasteiger partial charge in [0.15, 0.2) is 0 Å². The van der Waals surface area contributed by atoms with Crippen molar-refractivity contribution in [2.45, 2.75) is 73.1 Å². The Balaban J connectivity index is 2.55. The maximum Gasteiger partial charge on any atom is 0.408 e. The first kappa shape index (κ1) is 29.4. The number of hydrogen-bond donors (Lipinski definition) is 2.